The number of hydrogen-bond donors (Lipinski definition) is 2. The quantitative estimate of drug-likeness (QED) is 0.822. The summed E-state index contributed by atoms with van der Waals surface area (Å²) in [5, 5.41) is 13.8. The molecule has 0 spiro atoms. The molecule has 0 fully saturated rings. The maximum Gasteiger partial charge on any atom is 0.374 e. The summed E-state index contributed by atoms with van der Waals surface area (Å²) in [4.78, 5) is 12.0. The lowest BCUT2D eigenvalue weighted by molar-refractivity contribution is 0.0490. The van der Waals surface area contributed by atoms with E-state index in [1.807, 2.05) is 13.8 Å². The second-order valence-corrected chi connectivity index (χ2v) is 4.82. The van der Waals surface area contributed by atoms with Gasteiger partial charge in [0.15, 0.2) is 0 Å². The van der Waals surface area contributed by atoms with Gasteiger partial charge in [0.1, 0.15) is 11.3 Å². The van der Waals surface area contributed by atoms with Crippen molar-refractivity contribution in [1.82, 2.24) is 5.32 Å². The Balaban J connectivity index is 2.52. The second-order valence-electron chi connectivity index (χ2n) is 4.82. The zero-order valence-corrected chi connectivity index (χ0v) is 11.9. The molecule has 0 unspecified atom stereocenters. The van der Waals surface area contributed by atoms with Crippen molar-refractivity contribution in [3.05, 3.63) is 29.5 Å². The maximum absolute atomic E-state index is 12.0. The summed E-state index contributed by atoms with van der Waals surface area (Å²) in [6.45, 7) is 6.46. The van der Waals surface area contributed by atoms with Gasteiger partial charge in [-0.2, -0.15) is 0 Å². The number of hydrogen-bond acceptors (Lipinski definition) is 5. The largest absolute Gasteiger partial charge is 0.507 e. The van der Waals surface area contributed by atoms with Crippen LogP contribution in [0.4, 0.5) is 0 Å². The van der Waals surface area contributed by atoms with E-state index in [2.05, 4.69) is 5.32 Å². The van der Waals surface area contributed by atoms with Crippen LogP contribution in [0.2, 0.25) is 0 Å². The van der Waals surface area contributed by atoms with Gasteiger partial charge in [-0.05, 0) is 19.1 Å². The van der Waals surface area contributed by atoms with E-state index >= 15 is 0 Å². The molecule has 5 heteroatoms. The Morgan fingerprint density at radius 2 is 2.20 bits per heavy atom. The molecule has 2 aromatic rings. The Hall–Kier alpha value is -2.01. The number of ether oxygens (including phenoxy) is 1. The summed E-state index contributed by atoms with van der Waals surface area (Å²) in [6.07, 6.45) is 0. The van der Waals surface area contributed by atoms with Crippen molar-refractivity contribution in [2.24, 2.45) is 0 Å². The fourth-order valence-electron chi connectivity index (χ4n) is 2.03. The van der Waals surface area contributed by atoms with Crippen LogP contribution in [0.5, 0.6) is 5.75 Å². The minimum absolute atomic E-state index is 0.0994. The number of furan rings is 1. The number of phenolic OH excluding ortho intramolecular Hbond substituents is 1. The molecule has 1 aromatic heterocycles. The summed E-state index contributed by atoms with van der Waals surface area (Å²) in [5.41, 5.74) is 1.11. The molecule has 0 aliphatic rings. The fraction of sp³-hybridized carbons (Fsp3) is 0.400. The van der Waals surface area contributed by atoms with Crippen LogP contribution in [-0.2, 0) is 11.3 Å². The molecule has 20 heavy (non-hydrogen) atoms. The van der Waals surface area contributed by atoms with Crippen LogP contribution in [0, 0.1) is 0 Å². The highest BCUT2D eigenvalue weighted by atomic mass is 16.5. The standard InChI is InChI=1S/C15H19NO4/c1-4-19-15(18)14-10(8-16-9(2)3)13-11(17)6-5-7-12(13)20-14/h5-7,9,16-17H,4,8H2,1-3H3. The lowest BCUT2D eigenvalue weighted by Gasteiger charge is -2.08. The molecule has 108 valence electrons. The topological polar surface area (TPSA) is 71.7 Å². The van der Waals surface area contributed by atoms with E-state index in [-0.39, 0.29) is 24.2 Å². The smallest absolute Gasteiger partial charge is 0.374 e. The molecular weight excluding hydrogens is 258 g/mol. The molecular formula is C15H19NO4. The summed E-state index contributed by atoms with van der Waals surface area (Å²) in [5.74, 6) is -0.262. The molecule has 0 bridgehead atoms. The van der Waals surface area contributed by atoms with E-state index in [9.17, 15) is 9.90 Å². The van der Waals surface area contributed by atoms with Gasteiger partial charge in [0.25, 0.3) is 0 Å². The van der Waals surface area contributed by atoms with Crippen LogP contribution in [0.15, 0.2) is 22.6 Å². The first-order chi connectivity index (χ1) is 9.54. The maximum atomic E-state index is 12.0. The van der Waals surface area contributed by atoms with Crippen LogP contribution in [0.25, 0.3) is 11.0 Å². The minimum atomic E-state index is -0.511. The van der Waals surface area contributed by atoms with Gasteiger partial charge in [-0.15, -0.1) is 0 Å². The van der Waals surface area contributed by atoms with Gasteiger partial charge in [0.05, 0.1) is 12.0 Å². The number of esters is 1. The molecule has 0 amide bonds. The van der Waals surface area contributed by atoms with Gasteiger partial charge >= 0.3 is 5.97 Å². The predicted octanol–water partition coefficient (Wildman–Crippen LogP) is 2.81. The van der Waals surface area contributed by atoms with Crippen molar-refractivity contribution in [2.45, 2.75) is 33.4 Å². The third-order valence-electron chi connectivity index (χ3n) is 2.94. The molecule has 0 radical (unpaired) electrons. The molecule has 0 saturated heterocycles. The summed E-state index contributed by atoms with van der Waals surface area (Å²) < 4.78 is 10.6. The van der Waals surface area contributed by atoms with Gasteiger partial charge in [-0.3, -0.25) is 0 Å². The summed E-state index contributed by atoms with van der Waals surface area (Å²) in [6, 6.07) is 5.22. The van der Waals surface area contributed by atoms with E-state index < -0.39 is 5.97 Å². The molecule has 2 N–H and O–H groups in total. The van der Waals surface area contributed by atoms with Gasteiger partial charge in [-0.1, -0.05) is 19.9 Å². The Morgan fingerprint density at radius 3 is 2.85 bits per heavy atom. The Bertz CT molecular complexity index is 616. The molecule has 5 nitrogen and oxygen atoms in total. The molecule has 1 aromatic carbocycles. The number of benzene rings is 1. The van der Waals surface area contributed by atoms with Crippen LogP contribution in [0.3, 0.4) is 0 Å². The second kappa shape index (κ2) is 5.96. The third-order valence-corrected chi connectivity index (χ3v) is 2.94. The van der Waals surface area contributed by atoms with Crippen molar-refractivity contribution in [3.63, 3.8) is 0 Å². The molecule has 0 aliphatic carbocycles. The highest BCUT2D eigenvalue weighted by Crippen LogP contribution is 2.33. The van der Waals surface area contributed by atoms with E-state index in [0.29, 0.717) is 23.1 Å². The zero-order valence-electron chi connectivity index (χ0n) is 11.9. The number of fused-ring (bicyclic) bond motifs is 1. The van der Waals surface area contributed by atoms with Crippen molar-refractivity contribution in [1.29, 1.82) is 0 Å². The lowest BCUT2D eigenvalue weighted by atomic mass is 10.1. The highest BCUT2D eigenvalue weighted by Gasteiger charge is 2.23. The first-order valence-electron chi connectivity index (χ1n) is 6.68. The van der Waals surface area contributed by atoms with Crippen molar-refractivity contribution in [3.8, 4) is 5.75 Å². The molecule has 0 aliphatic heterocycles. The monoisotopic (exact) mass is 277 g/mol. The molecule has 2 rings (SSSR count). The number of aromatic hydroxyl groups is 1. The number of rotatable bonds is 5. The van der Waals surface area contributed by atoms with Crippen LogP contribution in [-0.4, -0.2) is 23.7 Å². The van der Waals surface area contributed by atoms with Crippen molar-refractivity contribution in [2.75, 3.05) is 6.61 Å². The number of nitrogens with one attached hydrogen (secondary N) is 1. The zero-order chi connectivity index (χ0) is 14.7. The van der Waals surface area contributed by atoms with Crippen LogP contribution < -0.4 is 5.32 Å². The first-order valence-corrected chi connectivity index (χ1v) is 6.68. The average molecular weight is 277 g/mol. The van der Waals surface area contributed by atoms with Crippen LogP contribution >= 0.6 is 0 Å². The number of phenols is 1. The fourth-order valence-corrected chi connectivity index (χ4v) is 2.03. The average Bonchev–Trinajstić information content (AvgIpc) is 2.76. The Kier molecular flexibility index (Phi) is 4.29. The van der Waals surface area contributed by atoms with Gasteiger partial charge in [0.2, 0.25) is 5.76 Å². The Labute approximate surface area is 117 Å². The predicted molar refractivity (Wildman–Crippen MR) is 75.8 cm³/mol. The van der Waals surface area contributed by atoms with Gasteiger partial charge in [0, 0.05) is 18.2 Å². The summed E-state index contributed by atoms with van der Waals surface area (Å²) >= 11 is 0. The van der Waals surface area contributed by atoms with E-state index in [0.717, 1.165) is 0 Å². The minimum Gasteiger partial charge on any atom is -0.507 e. The Morgan fingerprint density at radius 1 is 1.45 bits per heavy atom. The molecule has 0 atom stereocenters. The highest BCUT2D eigenvalue weighted by molar-refractivity contribution is 5.98. The summed E-state index contributed by atoms with van der Waals surface area (Å²) in [7, 11) is 0. The van der Waals surface area contributed by atoms with Gasteiger partial charge in [-0.25, -0.2) is 4.79 Å². The SMILES string of the molecule is CCOC(=O)c1oc2cccc(O)c2c1CNC(C)C. The van der Waals surface area contributed by atoms with E-state index in [1.54, 1.807) is 25.1 Å². The van der Waals surface area contributed by atoms with E-state index in [1.165, 1.54) is 0 Å². The van der Waals surface area contributed by atoms with Gasteiger partial charge < -0.3 is 19.6 Å². The van der Waals surface area contributed by atoms with Crippen molar-refractivity contribution >= 4 is 16.9 Å². The molecule has 1 heterocycles. The lowest BCUT2D eigenvalue weighted by Crippen LogP contribution is -2.23. The number of carbonyl (C=O) groups excluding carboxylic acids is 1. The third kappa shape index (κ3) is 2.77. The first kappa shape index (κ1) is 14.4. The van der Waals surface area contributed by atoms with Crippen molar-refractivity contribution < 1.29 is 19.1 Å². The normalized spacial score (nSPS) is 11.2. The van der Waals surface area contributed by atoms with E-state index in [4.69, 9.17) is 9.15 Å². The number of carbonyl (C=O) groups is 1. The van der Waals surface area contributed by atoms with Crippen LogP contribution in [0.1, 0.15) is 36.9 Å². The molecule has 0 saturated carbocycles.